The molecule has 2 aromatic rings. The van der Waals surface area contributed by atoms with E-state index in [1.165, 1.54) is 12.8 Å². The first-order valence-electron chi connectivity index (χ1n) is 6.84. The summed E-state index contributed by atoms with van der Waals surface area (Å²) in [6, 6.07) is 2.32. The molecule has 1 aromatic heterocycles. The van der Waals surface area contributed by atoms with E-state index < -0.39 is 17.5 Å². The SMILES string of the molecule is Fc1cc(-c2nnc(CCCNC3CC3)o2)cc(F)c1F. The smallest absolute Gasteiger partial charge is 0.247 e. The topological polar surface area (TPSA) is 51.0 Å². The molecule has 0 aliphatic heterocycles. The maximum absolute atomic E-state index is 13.1. The summed E-state index contributed by atoms with van der Waals surface area (Å²) in [6.45, 7) is 0.863. The fourth-order valence-electron chi connectivity index (χ4n) is 1.98. The zero-order valence-electron chi connectivity index (χ0n) is 11.2. The van der Waals surface area contributed by atoms with Crippen LogP contribution < -0.4 is 5.32 Å². The highest BCUT2D eigenvalue weighted by molar-refractivity contribution is 5.52. The van der Waals surface area contributed by atoms with Gasteiger partial charge in [-0.25, -0.2) is 13.2 Å². The molecule has 1 saturated carbocycles. The van der Waals surface area contributed by atoms with Gasteiger partial charge in [-0.05, 0) is 37.9 Å². The van der Waals surface area contributed by atoms with Crippen molar-refractivity contribution in [1.29, 1.82) is 0 Å². The fraction of sp³-hybridized carbons (Fsp3) is 0.429. The van der Waals surface area contributed by atoms with E-state index in [0.29, 0.717) is 18.4 Å². The van der Waals surface area contributed by atoms with Crippen molar-refractivity contribution < 1.29 is 17.6 Å². The molecule has 0 amide bonds. The monoisotopic (exact) mass is 297 g/mol. The molecule has 3 rings (SSSR count). The summed E-state index contributed by atoms with van der Waals surface area (Å²) in [7, 11) is 0. The molecule has 1 aromatic carbocycles. The van der Waals surface area contributed by atoms with Gasteiger partial charge in [-0.1, -0.05) is 0 Å². The minimum atomic E-state index is -1.51. The molecule has 4 nitrogen and oxygen atoms in total. The molecule has 112 valence electrons. The highest BCUT2D eigenvalue weighted by atomic mass is 19.2. The average molecular weight is 297 g/mol. The lowest BCUT2D eigenvalue weighted by Crippen LogP contribution is -2.17. The molecule has 1 heterocycles. The van der Waals surface area contributed by atoms with Crippen LogP contribution in [0.25, 0.3) is 11.5 Å². The van der Waals surface area contributed by atoms with E-state index >= 15 is 0 Å². The number of nitrogens with zero attached hydrogens (tertiary/aromatic N) is 2. The zero-order valence-corrected chi connectivity index (χ0v) is 11.2. The van der Waals surface area contributed by atoms with Crippen molar-refractivity contribution in [2.75, 3.05) is 6.54 Å². The molecule has 21 heavy (non-hydrogen) atoms. The Morgan fingerprint density at radius 2 is 1.86 bits per heavy atom. The van der Waals surface area contributed by atoms with Crippen molar-refractivity contribution in [2.24, 2.45) is 0 Å². The summed E-state index contributed by atoms with van der Waals surface area (Å²) >= 11 is 0. The van der Waals surface area contributed by atoms with E-state index in [-0.39, 0.29) is 11.5 Å². The first-order valence-corrected chi connectivity index (χ1v) is 6.84. The van der Waals surface area contributed by atoms with Crippen molar-refractivity contribution in [2.45, 2.75) is 31.7 Å². The summed E-state index contributed by atoms with van der Waals surface area (Å²) in [6.07, 6.45) is 3.88. The number of hydrogen-bond donors (Lipinski definition) is 1. The van der Waals surface area contributed by atoms with Gasteiger partial charge in [0.05, 0.1) is 0 Å². The van der Waals surface area contributed by atoms with Gasteiger partial charge < -0.3 is 9.73 Å². The van der Waals surface area contributed by atoms with Gasteiger partial charge in [0.25, 0.3) is 0 Å². The first kappa shape index (κ1) is 14.1. The fourth-order valence-corrected chi connectivity index (χ4v) is 1.98. The van der Waals surface area contributed by atoms with Gasteiger partial charge in [0.2, 0.25) is 11.8 Å². The first-order chi connectivity index (χ1) is 10.1. The van der Waals surface area contributed by atoms with E-state index in [4.69, 9.17) is 4.42 Å². The summed E-state index contributed by atoms with van der Waals surface area (Å²) in [5.41, 5.74) is 0.0289. The summed E-state index contributed by atoms with van der Waals surface area (Å²) < 4.78 is 44.5. The van der Waals surface area contributed by atoms with Gasteiger partial charge in [-0.3, -0.25) is 0 Å². The minimum Gasteiger partial charge on any atom is -0.421 e. The molecule has 1 fully saturated rings. The van der Waals surface area contributed by atoms with E-state index in [1.54, 1.807) is 0 Å². The largest absolute Gasteiger partial charge is 0.421 e. The number of aromatic nitrogens is 2. The molecule has 0 saturated heterocycles. The van der Waals surface area contributed by atoms with Crippen molar-refractivity contribution >= 4 is 0 Å². The number of halogens is 3. The van der Waals surface area contributed by atoms with Gasteiger partial charge in [0, 0.05) is 18.0 Å². The van der Waals surface area contributed by atoms with Gasteiger partial charge in [0.15, 0.2) is 17.5 Å². The third-order valence-corrected chi connectivity index (χ3v) is 3.28. The lowest BCUT2D eigenvalue weighted by Gasteiger charge is -2.00. The van der Waals surface area contributed by atoms with Crippen LogP contribution in [0, 0.1) is 17.5 Å². The zero-order chi connectivity index (χ0) is 14.8. The van der Waals surface area contributed by atoms with Crippen molar-refractivity contribution in [1.82, 2.24) is 15.5 Å². The maximum Gasteiger partial charge on any atom is 0.247 e. The van der Waals surface area contributed by atoms with E-state index in [1.807, 2.05) is 0 Å². The molecule has 7 heteroatoms. The van der Waals surface area contributed by atoms with Crippen LogP contribution in [0.2, 0.25) is 0 Å². The Morgan fingerprint density at radius 1 is 1.14 bits per heavy atom. The van der Waals surface area contributed by atoms with Crippen molar-refractivity contribution in [3.63, 3.8) is 0 Å². The predicted octanol–water partition coefficient (Wildman–Crippen LogP) is 2.84. The second-order valence-electron chi connectivity index (χ2n) is 5.09. The second-order valence-corrected chi connectivity index (χ2v) is 5.09. The second kappa shape index (κ2) is 5.85. The van der Waals surface area contributed by atoms with Crippen LogP contribution in [-0.2, 0) is 6.42 Å². The summed E-state index contributed by atoms with van der Waals surface area (Å²) in [5.74, 6) is -3.69. The van der Waals surface area contributed by atoms with Crippen LogP contribution in [0.15, 0.2) is 16.5 Å². The van der Waals surface area contributed by atoms with Crippen molar-refractivity contribution in [3.8, 4) is 11.5 Å². The van der Waals surface area contributed by atoms with E-state index in [2.05, 4.69) is 15.5 Å². The Morgan fingerprint density at radius 3 is 2.52 bits per heavy atom. The number of aryl methyl sites for hydroxylation is 1. The Hall–Kier alpha value is -1.89. The molecule has 0 bridgehead atoms. The number of benzene rings is 1. The molecular formula is C14H14F3N3O. The molecule has 0 unspecified atom stereocenters. The van der Waals surface area contributed by atoms with Crippen LogP contribution >= 0.6 is 0 Å². The summed E-state index contributed by atoms with van der Waals surface area (Å²) in [4.78, 5) is 0. The number of rotatable bonds is 6. The Balaban J connectivity index is 1.63. The van der Waals surface area contributed by atoms with Crippen LogP contribution in [-0.4, -0.2) is 22.8 Å². The normalized spacial score (nSPS) is 14.6. The molecule has 0 atom stereocenters. The molecule has 0 radical (unpaired) electrons. The highest BCUT2D eigenvalue weighted by Crippen LogP contribution is 2.23. The van der Waals surface area contributed by atoms with Crippen LogP contribution in [0.5, 0.6) is 0 Å². The number of nitrogens with one attached hydrogen (secondary N) is 1. The predicted molar refractivity (Wildman–Crippen MR) is 69.0 cm³/mol. The van der Waals surface area contributed by atoms with Gasteiger partial charge in [-0.15, -0.1) is 10.2 Å². The molecular weight excluding hydrogens is 283 g/mol. The maximum atomic E-state index is 13.1. The van der Waals surface area contributed by atoms with Gasteiger partial charge >= 0.3 is 0 Å². The Bertz CT molecular complexity index is 617. The Labute approximate surface area is 119 Å². The molecule has 1 aliphatic carbocycles. The van der Waals surface area contributed by atoms with Gasteiger partial charge in [0.1, 0.15) is 0 Å². The molecule has 0 spiro atoms. The summed E-state index contributed by atoms with van der Waals surface area (Å²) in [5, 5.41) is 10.9. The van der Waals surface area contributed by atoms with Crippen LogP contribution in [0.1, 0.15) is 25.2 Å². The molecule has 1 N–H and O–H groups in total. The molecule has 1 aliphatic rings. The quantitative estimate of drug-likeness (QED) is 0.658. The third-order valence-electron chi connectivity index (χ3n) is 3.28. The van der Waals surface area contributed by atoms with Gasteiger partial charge in [-0.2, -0.15) is 0 Å². The van der Waals surface area contributed by atoms with Crippen molar-refractivity contribution in [3.05, 3.63) is 35.5 Å². The van der Waals surface area contributed by atoms with Crippen LogP contribution in [0.3, 0.4) is 0 Å². The van der Waals surface area contributed by atoms with E-state index in [9.17, 15) is 13.2 Å². The number of hydrogen-bond acceptors (Lipinski definition) is 4. The standard InChI is InChI=1S/C14H14F3N3O/c15-10-6-8(7-11(16)13(10)17)14-20-19-12(21-14)2-1-5-18-9-3-4-9/h6-7,9,18H,1-5H2. The third kappa shape index (κ3) is 3.41. The minimum absolute atomic E-state index is 0.0158. The Kier molecular flexibility index (Phi) is 3.92. The van der Waals surface area contributed by atoms with Crippen LogP contribution in [0.4, 0.5) is 13.2 Å². The lowest BCUT2D eigenvalue weighted by molar-refractivity contribution is 0.445. The lowest BCUT2D eigenvalue weighted by atomic mass is 10.2. The highest BCUT2D eigenvalue weighted by Gasteiger charge is 2.20. The average Bonchev–Trinajstić information content (AvgIpc) is 3.17. The van der Waals surface area contributed by atoms with E-state index in [0.717, 1.165) is 25.1 Å².